The van der Waals surface area contributed by atoms with Gasteiger partial charge in [0.1, 0.15) is 0 Å². The van der Waals surface area contributed by atoms with Crippen LogP contribution in [0.2, 0.25) is 0 Å². The first-order chi connectivity index (χ1) is 9.06. The maximum atomic E-state index is 12.2. The number of carbonyl (C=O) groups excluding carboxylic acids is 1. The Morgan fingerprint density at radius 3 is 2.42 bits per heavy atom. The largest absolute Gasteiger partial charge is 0.344 e. The van der Waals surface area contributed by atoms with Crippen LogP contribution in [0.25, 0.3) is 0 Å². The zero-order chi connectivity index (χ0) is 13.8. The normalized spacial score (nSPS) is 11.9. The van der Waals surface area contributed by atoms with Gasteiger partial charge in [-0.1, -0.05) is 23.3 Å². The van der Waals surface area contributed by atoms with Crippen LogP contribution in [0.1, 0.15) is 40.1 Å². The van der Waals surface area contributed by atoms with Crippen molar-refractivity contribution in [3.05, 3.63) is 65.0 Å². The van der Waals surface area contributed by atoms with E-state index < -0.39 is 0 Å². The Bertz CT molecular complexity index is 558. The maximum absolute atomic E-state index is 12.2. The summed E-state index contributed by atoms with van der Waals surface area (Å²) in [6, 6.07) is 11.4. The van der Waals surface area contributed by atoms with Gasteiger partial charge in [0, 0.05) is 11.8 Å². The van der Waals surface area contributed by atoms with Crippen LogP contribution in [0.15, 0.2) is 42.6 Å². The number of carbonyl (C=O) groups is 1. The van der Waals surface area contributed by atoms with E-state index in [9.17, 15) is 4.79 Å². The minimum Gasteiger partial charge on any atom is -0.344 e. The molecular formula is C16H18N2O. The minimum absolute atomic E-state index is 0.0649. The van der Waals surface area contributed by atoms with Crippen molar-refractivity contribution in [2.45, 2.75) is 26.8 Å². The van der Waals surface area contributed by atoms with E-state index in [4.69, 9.17) is 0 Å². The summed E-state index contributed by atoms with van der Waals surface area (Å²) < 4.78 is 0. The van der Waals surface area contributed by atoms with Crippen molar-refractivity contribution >= 4 is 5.91 Å². The van der Waals surface area contributed by atoms with Crippen LogP contribution in [0.3, 0.4) is 0 Å². The number of amides is 1. The Morgan fingerprint density at radius 2 is 1.84 bits per heavy atom. The predicted octanol–water partition coefficient (Wildman–Crippen LogP) is 3.19. The van der Waals surface area contributed by atoms with E-state index >= 15 is 0 Å². The van der Waals surface area contributed by atoms with Crippen molar-refractivity contribution in [3.8, 4) is 0 Å². The summed E-state index contributed by atoms with van der Waals surface area (Å²) in [7, 11) is 0. The molecule has 98 valence electrons. The first kappa shape index (κ1) is 13.3. The van der Waals surface area contributed by atoms with E-state index in [0.717, 1.165) is 16.8 Å². The number of aryl methyl sites for hydroxylation is 2. The van der Waals surface area contributed by atoms with Crippen molar-refractivity contribution in [2.75, 3.05) is 0 Å². The fourth-order valence-electron chi connectivity index (χ4n) is 2.09. The molecule has 0 bridgehead atoms. The molecule has 1 heterocycles. The third kappa shape index (κ3) is 3.41. The number of nitrogens with one attached hydrogen (secondary N) is 1. The van der Waals surface area contributed by atoms with E-state index in [1.54, 1.807) is 6.20 Å². The number of pyridine rings is 1. The van der Waals surface area contributed by atoms with Crippen LogP contribution in [-0.4, -0.2) is 10.9 Å². The van der Waals surface area contributed by atoms with Crippen molar-refractivity contribution in [3.63, 3.8) is 0 Å². The molecule has 2 aromatic rings. The maximum Gasteiger partial charge on any atom is 0.251 e. The molecule has 0 fully saturated rings. The fraction of sp³-hybridized carbons (Fsp3) is 0.250. The lowest BCUT2D eigenvalue weighted by molar-refractivity contribution is 0.0939. The molecule has 19 heavy (non-hydrogen) atoms. The Morgan fingerprint density at radius 1 is 1.16 bits per heavy atom. The second kappa shape index (κ2) is 5.65. The molecule has 2 rings (SSSR count). The molecule has 1 atom stereocenters. The summed E-state index contributed by atoms with van der Waals surface area (Å²) in [5, 5.41) is 2.97. The van der Waals surface area contributed by atoms with Gasteiger partial charge in [-0.2, -0.15) is 0 Å². The zero-order valence-corrected chi connectivity index (χ0v) is 11.5. The Balaban J connectivity index is 2.13. The topological polar surface area (TPSA) is 42.0 Å². The molecule has 0 saturated heterocycles. The lowest BCUT2D eigenvalue weighted by atomic mass is 10.1. The summed E-state index contributed by atoms with van der Waals surface area (Å²) in [6.45, 7) is 5.92. The number of aromatic nitrogens is 1. The van der Waals surface area contributed by atoms with Crippen LogP contribution in [0, 0.1) is 13.8 Å². The Hall–Kier alpha value is -2.16. The average Bonchev–Trinajstić information content (AvgIpc) is 2.38. The SMILES string of the molecule is Cc1cc(C)cc(C(=O)N[C@@H](C)c2ccccn2)c1. The van der Waals surface area contributed by atoms with E-state index in [1.807, 2.05) is 51.1 Å². The van der Waals surface area contributed by atoms with Crippen LogP contribution in [0.4, 0.5) is 0 Å². The molecular weight excluding hydrogens is 236 g/mol. The highest BCUT2D eigenvalue weighted by Crippen LogP contribution is 2.12. The molecule has 0 saturated carbocycles. The molecule has 1 amide bonds. The molecule has 1 aromatic carbocycles. The standard InChI is InChI=1S/C16H18N2O/c1-11-8-12(2)10-14(9-11)16(19)18-13(3)15-6-4-5-7-17-15/h4-10,13H,1-3H3,(H,18,19)/t13-/m0/s1. The van der Waals surface area contributed by atoms with Crippen molar-refractivity contribution in [1.29, 1.82) is 0 Å². The number of benzene rings is 1. The summed E-state index contributed by atoms with van der Waals surface area (Å²) in [5.41, 5.74) is 3.74. The molecule has 0 radical (unpaired) electrons. The molecule has 3 heteroatoms. The van der Waals surface area contributed by atoms with Crippen molar-refractivity contribution < 1.29 is 4.79 Å². The predicted molar refractivity (Wildman–Crippen MR) is 76.0 cm³/mol. The molecule has 1 N–H and O–H groups in total. The monoisotopic (exact) mass is 254 g/mol. The molecule has 0 unspecified atom stereocenters. The lowest BCUT2D eigenvalue weighted by Crippen LogP contribution is -2.27. The van der Waals surface area contributed by atoms with Crippen molar-refractivity contribution in [1.82, 2.24) is 10.3 Å². The van der Waals surface area contributed by atoms with Gasteiger partial charge in [0.15, 0.2) is 0 Å². The lowest BCUT2D eigenvalue weighted by Gasteiger charge is -2.14. The Labute approximate surface area is 113 Å². The first-order valence-corrected chi connectivity index (χ1v) is 6.36. The molecule has 0 aliphatic rings. The van der Waals surface area contributed by atoms with E-state index in [0.29, 0.717) is 5.56 Å². The van der Waals surface area contributed by atoms with Gasteiger partial charge in [-0.25, -0.2) is 0 Å². The number of hydrogen-bond acceptors (Lipinski definition) is 2. The smallest absolute Gasteiger partial charge is 0.251 e. The molecule has 1 aromatic heterocycles. The summed E-state index contributed by atoms with van der Waals surface area (Å²) in [4.78, 5) is 16.4. The van der Waals surface area contributed by atoms with E-state index in [-0.39, 0.29) is 11.9 Å². The number of nitrogens with zero attached hydrogens (tertiary/aromatic N) is 1. The van der Waals surface area contributed by atoms with E-state index in [2.05, 4.69) is 16.4 Å². The van der Waals surface area contributed by atoms with Gasteiger partial charge in [0.05, 0.1) is 11.7 Å². The van der Waals surface area contributed by atoms with Crippen LogP contribution < -0.4 is 5.32 Å². The zero-order valence-electron chi connectivity index (χ0n) is 11.5. The third-order valence-corrected chi connectivity index (χ3v) is 2.96. The second-order valence-electron chi connectivity index (χ2n) is 4.83. The van der Waals surface area contributed by atoms with Gasteiger partial charge in [0.25, 0.3) is 5.91 Å². The van der Waals surface area contributed by atoms with Crippen LogP contribution in [-0.2, 0) is 0 Å². The van der Waals surface area contributed by atoms with Gasteiger partial charge >= 0.3 is 0 Å². The number of hydrogen-bond donors (Lipinski definition) is 1. The van der Waals surface area contributed by atoms with Gasteiger partial charge in [-0.15, -0.1) is 0 Å². The highest BCUT2D eigenvalue weighted by atomic mass is 16.1. The molecule has 0 aliphatic carbocycles. The van der Waals surface area contributed by atoms with E-state index in [1.165, 1.54) is 0 Å². The quantitative estimate of drug-likeness (QED) is 0.914. The third-order valence-electron chi connectivity index (χ3n) is 2.96. The van der Waals surface area contributed by atoms with Crippen LogP contribution in [0.5, 0.6) is 0 Å². The molecule has 0 aliphatic heterocycles. The van der Waals surface area contributed by atoms with Gasteiger partial charge in [-0.05, 0) is 45.0 Å². The van der Waals surface area contributed by atoms with Crippen LogP contribution >= 0.6 is 0 Å². The number of rotatable bonds is 3. The highest BCUT2D eigenvalue weighted by molar-refractivity contribution is 5.94. The fourth-order valence-corrected chi connectivity index (χ4v) is 2.09. The van der Waals surface area contributed by atoms with Gasteiger partial charge < -0.3 is 5.32 Å². The average molecular weight is 254 g/mol. The Kier molecular flexibility index (Phi) is 3.95. The van der Waals surface area contributed by atoms with Gasteiger partial charge in [-0.3, -0.25) is 9.78 Å². The summed E-state index contributed by atoms with van der Waals surface area (Å²) >= 11 is 0. The molecule has 0 spiro atoms. The first-order valence-electron chi connectivity index (χ1n) is 6.36. The minimum atomic E-state index is -0.102. The van der Waals surface area contributed by atoms with Crippen molar-refractivity contribution in [2.24, 2.45) is 0 Å². The highest BCUT2D eigenvalue weighted by Gasteiger charge is 2.12. The summed E-state index contributed by atoms with van der Waals surface area (Å²) in [6.07, 6.45) is 1.73. The summed E-state index contributed by atoms with van der Waals surface area (Å²) in [5.74, 6) is -0.0649. The second-order valence-corrected chi connectivity index (χ2v) is 4.83. The van der Waals surface area contributed by atoms with Gasteiger partial charge in [0.2, 0.25) is 0 Å². The molecule has 3 nitrogen and oxygen atoms in total.